The van der Waals surface area contributed by atoms with Crippen molar-refractivity contribution in [3.05, 3.63) is 34.3 Å². The summed E-state index contributed by atoms with van der Waals surface area (Å²) in [6, 6.07) is 5.33. The molecule has 0 aliphatic rings. The van der Waals surface area contributed by atoms with Crippen LogP contribution in [-0.2, 0) is 11.8 Å². The Hall–Kier alpha value is -2.08. The summed E-state index contributed by atoms with van der Waals surface area (Å²) < 4.78 is 6.53. The first-order valence-corrected chi connectivity index (χ1v) is 6.12. The Morgan fingerprint density at radius 2 is 2.26 bits per heavy atom. The highest BCUT2D eigenvalue weighted by Crippen LogP contribution is 2.21. The third kappa shape index (κ3) is 2.53. The van der Waals surface area contributed by atoms with E-state index < -0.39 is 5.76 Å². The molecule has 3 N–H and O–H groups in total. The number of nitrogens with two attached hydrogens (primary N) is 1. The number of nitrogens with zero attached hydrogens (tertiary/aromatic N) is 1. The smallest absolute Gasteiger partial charge is 0.408 e. The molecule has 1 unspecified atom stereocenters. The molecule has 1 amide bonds. The van der Waals surface area contributed by atoms with Crippen LogP contribution in [0.3, 0.4) is 0 Å². The molecule has 0 bridgehead atoms. The van der Waals surface area contributed by atoms with Crippen LogP contribution in [0.4, 0.5) is 0 Å². The van der Waals surface area contributed by atoms with Crippen LogP contribution >= 0.6 is 0 Å². The third-order valence-corrected chi connectivity index (χ3v) is 3.15. The van der Waals surface area contributed by atoms with Gasteiger partial charge in [-0.1, -0.05) is 6.07 Å². The largest absolute Gasteiger partial charge is 0.419 e. The van der Waals surface area contributed by atoms with Crippen molar-refractivity contribution in [3.63, 3.8) is 0 Å². The van der Waals surface area contributed by atoms with Crippen molar-refractivity contribution in [3.8, 4) is 0 Å². The zero-order valence-electron chi connectivity index (χ0n) is 11.0. The summed E-state index contributed by atoms with van der Waals surface area (Å²) >= 11 is 0. The second-order valence-electron chi connectivity index (χ2n) is 4.46. The van der Waals surface area contributed by atoms with Crippen molar-refractivity contribution >= 4 is 17.0 Å². The highest BCUT2D eigenvalue weighted by molar-refractivity contribution is 5.85. The van der Waals surface area contributed by atoms with Gasteiger partial charge in [-0.25, -0.2) is 4.79 Å². The van der Waals surface area contributed by atoms with Gasteiger partial charge in [-0.3, -0.25) is 9.36 Å². The molecule has 2 aromatic rings. The summed E-state index contributed by atoms with van der Waals surface area (Å²) in [7, 11) is 1.64. The van der Waals surface area contributed by atoms with E-state index in [0.29, 0.717) is 24.2 Å². The molecule has 1 atom stereocenters. The summed E-state index contributed by atoms with van der Waals surface area (Å²) in [4.78, 5) is 23.2. The summed E-state index contributed by atoms with van der Waals surface area (Å²) in [5.74, 6) is -0.822. The lowest BCUT2D eigenvalue weighted by atomic mass is 10.00. The van der Waals surface area contributed by atoms with Crippen LogP contribution in [0.15, 0.2) is 27.4 Å². The molecule has 0 radical (unpaired) electrons. The van der Waals surface area contributed by atoms with Gasteiger partial charge in [0.05, 0.1) is 11.4 Å². The number of hydrogen-bond donors (Lipinski definition) is 2. The lowest BCUT2D eigenvalue weighted by molar-refractivity contribution is -0.122. The molecule has 19 heavy (non-hydrogen) atoms. The first-order chi connectivity index (χ1) is 9.04. The topological polar surface area (TPSA) is 90.3 Å². The van der Waals surface area contributed by atoms with E-state index >= 15 is 0 Å². The van der Waals surface area contributed by atoms with Gasteiger partial charge in [0.2, 0.25) is 5.91 Å². The number of nitrogens with one attached hydrogen (secondary N) is 1. The van der Waals surface area contributed by atoms with Gasteiger partial charge in [-0.05, 0) is 24.6 Å². The van der Waals surface area contributed by atoms with Crippen LogP contribution < -0.4 is 16.8 Å². The summed E-state index contributed by atoms with van der Waals surface area (Å²) in [5.41, 5.74) is 7.35. The predicted octanol–water partition coefficient (Wildman–Crippen LogP) is 0.310. The second kappa shape index (κ2) is 5.27. The van der Waals surface area contributed by atoms with E-state index in [1.807, 2.05) is 6.07 Å². The van der Waals surface area contributed by atoms with Crippen molar-refractivity contribution in [2.24, 2.45) is 12.8 Å². The summed E-state index contributed by atoms with van der Waals surface area (Å²) in [6.45, 7) is 2.66. The number of fused-ring (bicyclic) bond motifs is 1. The van der Waals surface area contributed by atoms with Crippen LogP contribution in [0, 0.1) is 0 Å². The molecule has 0 saturated heterocycles. The fourth-order valence-electron chi connectivity index (χ4n) is 1.92. The van der Waals surface area contributed by atoms with E-state index in [0.717, 1.165) is 5.56 Å². The highest BCUT2D eigenvalue weighted by Gasteiger charge is 2.16. The van der Waals surface area contributed by atoms with E-state index in [1.54, 1.807) is 26.1 Å². The van der Waals surface area contributed by atoms with E-state index in [9.17, 15) is 9.59 Å². The number of carbonyl (C=O) groups is 1. The van der Waals surface area contributed by atoms with E-state index in [4.69, 9.17) is 10.2 Å². The molecular weight excluding hydrogens is 246 g/mol. The molecular formula is C13H17N3O3. The summed E-state index contributed by atoms with van der Waals surface area (Å²) in [5, 5.41) is 2.73. The Bertz CT molecular complexity index is 657. The highest BCUT2D eigenvalue weighted by atomic mass is 16.4. The first-order valence-electron chi connectivity index (χ1n) is 6.12. The van der Waals surface area contributed by atoms with Gasteiger partial charge in [-0.2, -0.15) is 0 Å². The number of benzene rings is 1. The molecule has 0 aliphatic heterocycles. The Labute approximate surface area is 110 Å². The number of carbonyl (C=O) groups excluding carboxylic acids is 1. The molecule has 1 aromatic heterocycles. The fraction of sp³-hybridized carbons (Fsp3) is 0.385. The van der Waals surface area contributed by atoms with Gasteiger partial charge in [0, 0.05) is 20.1 Å². The number of hydrogen-bond acceptors (Lipinski definition) is 4. The van der Waals surface area contributed by atoms with Crippen LogP contribution in [0.5, 0.6) is 0 Å². The fourth-order valence-corrected chi connectivity index (χ4v) is 1.92. The number of oxazole rings is 1. The number of aryl methyl sites for hydroxylation is 1. The van der Waals surface area contributed by atoms with Crippen molar-refractivity contribution in [1.82, 2.24) is 9.88 Å². The molecule has 0 aliphatic carbocycles. The van der Waals surface area contributed by atoms with Crippen LogP contribution in [0.1, 0.15) is 18.4 Å². The number of aromatic nitrogens is 1. The van der Waals surface area contributed by atoms with Crippen molar-refractivity contribution in [1.29, 1.82) is 0 Å². The molecule has 6 nitrogen and oxygen atoms in total. The van der Waals surface area contributed by atoms with E-state index in [1.165, 1.54) is 4.57 Å². The maximum atomic E-state index is 11.8. The van der Waals surface area contributed by atoms with Gasteiger partial charge in [0.15, 0.2) is 5.58 Å². The second-order valence-corrected chi connectivity index (χ2v) is 4.46. The minimum Gasteiger partial charge on any atom is -0.408 e. The van der Waals surface area contributed by atoms with Gasteiger partial charge < -0.3 is 15.5 Å². The molecule has 0 spiro atoms. The monoisotopic (exact) mass is 263 g/mol. The molecule has 1 heterocycles. The molecule has 102 valence electrons. The average Bonchev–Trinajstić information content (AvgIpc) is 2.70. The van der Waals surface area contributed by atoms with Gasteiger partial charge >= 0.3 is 5.76 Å². The van der Waals surface area contributed by atoms with E-state index in [-0.39, 0.29) is 11.8 Å². The molecule has 0 saturated carbocycles. The van der Waals surface area contributed by atoms with Crippen LogP contribution in [0.2, 0.25) is 0 Å². The minimum absolute atomic E-state index is 0.0944. The van der Waals surface area contributed by atoms with Crippen LogP contribution in [-0.4, -0.2) is 23.6 Å². The standard InChI is InChI=1S/C13H17N3O3/c1-8(12(17)15-6-5-14)9-3-4-10-11(7-9)19-13(18)16(10)2/h3-4,7-8H,5-6,14H2,1-2H3,(H,15,17). The zero-order chi connectivity index (χ0) is 14.0. The first kappa shape index (κ1) is 13.4. The summed E-state index contributed by atoms with van der Waals surface area (Å²) in [6.07, 6.45) is 0. The van der Waals surface area contributed by atoms with Crippen LogP contribution in [0.25, 0.3) is 11.1 Å². The van der Waals surface area contributed by atoms with Gasteiger partial charge in [0.1, 0.15) is 0 Å². The predicted molar refractivity (Wildman–Crippen MR) is 71.9 cm³/mol. The van der Waals surface area contributed by atoms with E-state index in [2.05, 4.69) is 5.32 Å². The van der Waals surface area contributed by atoms with Crippen molar-refractivity contribution in [2.75, 3.05) is 13.1 Å². The Morgan fingerprint density at radius 1 is 1.53 bits per heavy atom. The molecule has 0 fully saturated rings. The SMILES string of the molecule is CC(C(=O)NCCN)c1ccc2c(c1)oc(=O)n2C. The van der Waals surface area contributed by atoms with Gasteiger partial charge in [-0.15, -0.1) is 0 Å². The minimum atomic E-state index is -0.410. The average molecular weight is 263 g/mol. The maximum Gasteiger partial charge on any atom is 0.419 e. The third-order valence-electron chi connectivity index (χ3n) is 3.15. The number of rotatable bonds is 4. The normalized spacial score (nSPS) is 12.6. The quantitative estimate of drug-likeness (QED) is 0.830. The lowest BCUT2D eigenvalue weighted by Crippen LogP contribution is -2.32. The molecule has 2 rings (SSSR count). The molecule has 6 heteroatoms. The Morgan fingerprint density at radius 3 is 2.95 bits per heavy atom. The van der Waals surface area contributed by atoms with Crippen molar-refractivity contribution in [2.45, 2.75) is 12.8 Å². The Kier molecular flexibility index (Phi) is 3.71. The number of amides is 1. The maximum absolute atomic E-state index is 11.8. The lowest BCUT2D eigenvalue weighted by Gasteiger charge is -2.11. The van der Waals surface area contributed by atoms with Gasteiger partial charge in [0.25, 0.3) is 0 Å². The zero-order valence-corrected chi connectivity index (χ0v) is 11.0. The Balaban J connectivity index is 2.30. The molecule has 1 aromatic carbocycles. The van der Waals surface area contributed by atoms with Crippen molar-refractivity contribution < 1.29 is 9.21 Å².